The Morgan fingerprint density at radius 3 is 2.57 bits per heavy atom. The topological polar surface area (TPSA) is 92.9 Å². The molecule has 3 aromatic rings. The lowest BCUT2D eigenvalue weighted by Gasteiger charge is -2.15. The molecule has 3 rings (SSSR count). The standard InChI is InChI=1S/C22H18Cl2F3N5O2S/c1-12-4-7-16(19(24)18(12)22(25,26)27)32-20(29-30-31-32)35-11-17(33)28-15-6-5-13(10-14(15)23)8-9-21(2,3)34/h4-7,10,34H,11H2,1-3H3,(H,28,33). The third-order valence-electron chi connectivity index (χ3n) is 4.37. The zero-order valence-electron chi connectivity index (χ0n) is 18.5. The van der Waals surface area contributed by atoms with Gasteiger partial charge in [0.1, 0.15) is 5.60 Å². The van der Waals surface area contributed by atoms with Crippen LogP contribution in [-0.4, -0.2) is 42.6 Å². The van der Waals surface area contributed by atoms with Crippen molar-refractivity contribution >= 4 is 46.6 Å². The highest BCUT2D eigenvalue weighted by molar-refractivity contribution is 7.99. The molecule has 0 atom stereocenters. The van der Waals surface area contributed by atoms with Crippen molar-refractivity contribution in [2.75, 3.05) is 11.1 Å². The molecular formula is C22H18Cl2F3N5O2S. The Morgan fingerprint density at radius 1 is 1.23 bits per heavy atom. The van der Waals surface area contributed by atoms with Crippen LogP contribution < -0.4 is 5.32 Å². The second-order valence-corrected chi connectivity index (χ2v) is 9.53. The molecule has 0 saturated carbocycles. The summed E-state index contributed by atoms with van der Waals surface area (Å²) in [5.74, 6) is 4.84. The fourth-order valence-electron chi connectivity index (χ4n) is 2.83. The molecule has 0 aliphatic carbocycles. The molecule has 1 heterocycles. The van der Waals surface area contributed by atoms with Crippen molar-refractivity contribution in [1.82, 2.24) is 20.2 Å². The number of halogens is 5. The molecule has 0 spiro atoms. The minimum absolute atomic E-state index is 0.0399. The van der Waals surface area contributed by atoms with Gasteiger partial charge in [0.2, 0.25) is 11.1 Å². The molecule has 1 amide bonds. The third-order valence-corrected chi connectivity index (χ3v) is 5.99. The third kappa shape index (κ3) is 6.89. The van der Waals surface area contributed by atoms with Crippen LogP contribution >= 0.6 is 35.0 Å². The number of aromatic nitrogens is 4. The fourth-order valence-corrected chi connectivity index (χ4v) is 4.14. The van der Waals surface area contributed by atoms with Crippen molar-refractivity contribution in [1.29, 1.82) is 0 Å². The number of hydrogen-bond donors (Lipinski definition) is 2. The van der Waals surface area contributed by atoms with Crippen molar-refractivity contribution in [2.24, 2.45) is 0 Å². The summed E-state index contributed by atoms with van der Waals surface area (Å²) in [4.78, 5) is 12.4. The van der Waals surface area contributed by atoms with Crippen LogP contribution in [0.15, 0.2) is 35.5 Å². The lowest BCUT2D eigenvalue weighted by atomic mass is 10.1. The van der Waals surface area contributed by atoms with E-state index in [9.17, 15) is 23.1 Å². The first-order chi connectivity index (χ1) is 16.3. The molecule has 0 saturated heterocycles. The lowest BCUT2D eigenvalue weighted by Crippen LogP contribution is -2.15. The number of carbonyl (C=O) groups excluding carboxylic acids is 1. The number of aliphatic hydroxyl groups is 1. The van der Waals surface area contributed by atoms with Gasteiger partial charge in [-0.1, -0.05) is 52.9 Å². The summed E-state index contributed by atoms with van der Waals surface area (Å²) in [5.41, 5.74) is -1.36. The van der Waals surface area contributed by atoms with E-state index in [1.807, 2.05) is 0 Å². The van der Waals surface area contributed by atoms with E-state index < -0.39 is 28.3 Å². The number of alkyl halides is 3. The summed E-state index contributed by atoms with van der Waals surface area (Å²) in [7, 11) is 0. The van der Waals surface area contributed by atoms with Crippen LogP contribution in [0.3, 0.4) is 0 Å². The zero-order chi connectivity index (χ0) is 26.0. The number of carbonyl (C=O) groups is 1. The van der Waals surface area contributed by atoms with E-state index in [0.29, 0.717) is 11.3 Å². The highest BCUT2D eigenvalue weighted by atomic mass is 35.5. The Bertz CT molecular complexity index is 1330. The minimum atomic E-state index is -4.66. The highest BCUT2D eigenvalue weighted by Gasteiger charge is 2.36. The fraction of sp³-hybridized carbons (Fsp3) is 0.273. The van der Waals surface area contributed by atoms with E-state index in [1.165, 1.54) is 19.1 Å². The average molecular weight is 544 g/mol. The van der Waals surface area contributed by atoms with Crippen molar-refractivity contribution in [3.8, 4) is 17.5 Å². The summed E-state index contributed by atoms with van der Waals surface area (Å²) in [6.07, 6.45) is -4.66. The first kappa shape index (κ1) is 26.8. The normalized spacial score (nSPS) is 11.7. The maximum Gasteiger partial charge on any atom is 0.418 e. The molecule has 0 bridgehead atoms. The highest BCUT2D eigenvalue weighted by Crippen LogP contribution is 2.40. The Labute approximate surface area is 213 Å². The summed E-state index contributed by atoms with van der Waals surface area (Å²) in [5, 5.41) is 23.1. The number of nitrogens with zero attached hydrogens (tertiary/aromatic N) is 4. The molecule has 0 unspecified atom stereocenters. The first-order valence-electron chi connectivity index (χ1n) is 9.89. The Balaban J connectivity index is 1.73. The van der Waals surface area contributed by atoms with Gasteiger partial charge in [-0.2, -0.15) is 17.9 Å². The van der Waals surface area contributed by atoms with Crippen LogP contribution in [0, 0.1) is 18.8 Å². The van der Waals surface area contributed by atoms with Gasteiger partial charge in [0, 0.05) is 5.56 Å². The van der Waals surface area contributed by atoms with Crippen LogP contribution in [0.5, 0.6) is 0 Å². The number of tetrazole rings is 1. The van der Waals surface area contributed by atoms with Crippen LogP contribution in [0.25, 0.3) is 5.69 Å². The molecule has 35 heavy (non-hydrogen) atoms. The van der Waals surface area contributed by atoms with E-state index in [-0.39, 0.29) is 27.2 Å². The van der Waals surface area contributed by atoms with Crippen molar-refractivity contribution in [3.05, 3.63) is 57.1 Å². The summed E-state index contributed by atoms with van der Waals surface area (Å²) in [6.45, 7) is 4.40. The Hall–Kier alpha value is -2.78. The Kier molecular flexibility index (Phi) is 8.01. The molecule has 2 N–H and O–H groups in total. The van der Waals surface area contributed by atoms with Gasteiger partial charge in [0.25, 0.3) is 0 Å². The maximum atomic E-state index is 13.4. The van der Waals surface area contributed by atoms with Crippen LogP contribution in [0.1, 0.15) is 30.5 Å². The van der Waals surface area contributed by atoms with Crippen LogP contribution in [0.2, 0.25) is 10.0 Å². The molecule has 7 nitrogen and oxygen atoms in total. The number of thioether (sulfide) groups is 1. The second-order valence-electron chi connectivity index (χ2n) is 7.80. The molecule has 0 radical (unpaired) electrons. The number of anilines is 1. The van der Waals surface area contributed by atoms with Crippen molar-refractivity contribution < 1.29 is 23.1 Å². The molecular weight excluding hydrogens is 526 g/mol. The number of hydrogen-bond acceptors (Lipinski definition) is 6. The first-order valence-corrected chi connectivity index (χ1v) is 11.6. The molecule has 2 aromatic carbocycles. The molecule has 0 fully saturated rings. The van der Waals surface area contributed by atoms with E-state index in [1.54, 1.807) is 32.0 Å². The number of benzene rings is 2. The molecule has 0 aliphatic heterocycles. The predicted molar refractivity (Wildman–Crippen MR) is 128 cm³/mol. The van der Waals surface area contributed by atoms with Gasteiger partial charge in [-0.3, -0.25) is 4.79 Å². The SMILES string of the molecule is Cc1ccc(-n2nnnc2SCC(=O)Nc2ccc(C#CC(C)(C)O)cc2Cl)c(Cl)c1C(F)(F)F. The van der Waals surface area contributed by atoms with E-state index in [2.05, 4.69) is 32.7 Å². The second kappa shape index (κ2) is 10.5. The number of nitrogens with one attached hydrogen (secondary N) is 1. The Morgan fingerprint density at radius 2 is 1.94 bits per heavy atom. The summed E-state index contributed by atoms with van der Waals surface area (Å²) >= 11 is 13.2. The molecule has 184 valence electrons. The van der Waals surface area contributed by atoms with Gasteiger partial charge in [0.15, 0.2) is 0 Å². The average Bonchev–Trinajstić information content (AvgIpc) is 3.19. The summed E-state index contributed by atoms with van der Waals surface area (Å²) < 4.78 is 41.3. The lowest BCUT2D eigenvalue weighted by molar-refractivity contribution is -0.138. The maximum absolute atomic E-state index is 13.4. The minimum Gasteiger partial charge on any atom is -0.378 e. The van der Waals surface area contributed by atoms with Crippen LogP contribution in [0.4, 0.5) is 18.9 Å². The predicted octanol–water partition coefficient (Wildman–Crippen LogP) is 5.15. The van der Waals surface area contributed by atoms with Gasteiger partial charge in [0.05, 0.1) is 32.7 Å². The molecule has 0 aliphatic rings. The number of rotatable bonds is 5. The van der Waals surface area contributed by atoms with Gasteiger partial charge >= 0.3 is 6.18 Å². The van der Waals surface area contributed by atoms with E-state index >= 15 is 0 Å². The number of amides is 1. The van der Waals surface area contributed by atoms with Crippen molar-refractivity contribution in [3.63, 3.8) is 0 Å². The molecule has 1 aromatic heterocycles. The van der Waals surface area contributed by atoms with Crippen molar-refractivity contribution in [2.45, 2.75) is 37.7 Å². The monoisotopic (exact) mass is 543 g/mol. The number of aryl methyl sites for hydroxylation is 1. The van der Waals surface area contributed by atoms with Crippen LogP contribution in [-0.2, 0) is 11.0 Å². The van der Waals surface area contributed by atoms with Gasteiger partial charge < -0.3 is 10.4 Å². The van der Waals surface area contributed by atoms with E-state index in [0.717, 1.165) is 16.4 Å². The molecule has 13 heteroatoms. The quantitative estimate of drug-likeness (QED) is 0.341. The van der Waals surface area contributed by atoms with Gasteiger partial charge in [-0.05, 0) is 61.0 Å². The summed E-state index contributed by atoms with van der Waals surface area (Å²) in [6, 6.07) is 7.38. The largest absolute Gasteiger partial charge is 0.418 e. The smallest absolute Gasteiger partial charge is 0.378 e. The van der Waals surface area contributed by atoms with E-state index in [4.69, 9.17) is 23.2 Å². The van der Waals surface area contributed by atoms with Gasteiger partial charge in [-0.25, -0.2) is 0 Å². The zero-order valence-corrected chi connectivity index (χ0v) is 20.9. The van der Waals surface area contributed by atoms with Gasteiger partial charge in [-0.15, -0.1) is 5.10 Å².